The minimum atomic E-state index is 0.896. The molecule has 450 valence electrons. The summed E-state index contributed by atoms with van der Waals surface area (Å²) in [4.78, 5) is 4.77. The van der Waals surface area contributed by atoms with Gasteiger partial charge in [-0.1, -0.05) is 255 Å². The van der Waals surface area contributed by atoms with E-state index in [0.717, 1.165) is 155 Å². The molecule has 18 rings (SSSR count). The molecule has 0 N–H and O–H groups in total. The molecule has 0 aliphatic carbocycles. The molecule has 96 heavy (non-hydrogen) atoms. The van der Waals surface area contributed by atoms with E-state index < -0.39 is 0 Å². The largest absolute Gasteiger partial charge is 0.455 e. The average molecular weight is 1230 g/mol. The zero-order chi connectivity index (χ0) is 63.5. The number of fused-ring (bicyclic) bond motifs is 10. The van der Waals surface area contributed by atoms with E-state index in [9.17, 15) is 0 Å². The van der Waals surface area contributed by atoms with Gasteiger partial charge >= 0.3 is 0 Å². The van der Waals surface area contributed by atoms with Crippen molar-refractivity contribution in [2.45, 2.75) is 0 Å². The monoisotopic (exact) mass is 1220 g/mol. The molecule has 4 heteroatoms. The van der Waals surface area contributed by atoms with E-state index in [1.54, 1.807) is 0 Å². The Hall–Kier alpha value is -12.8. The van der Waals surface area contributed by atoms with Crippen molar-refractivity contribution < 1.29 is 8.83 Å². The maximum Gasteiger partial charge on any atom is 0.143 e. The molecule has 0 amide bonds. The van der Waals surface area contributed by atoms with Gasteiger partial charge in [0.2, 0.25) is 0 Å². The van der Waals surface area contributed by atoms with Crippen molar-refractivity contribution in [3.8, 4) is 77.9 Å². The van der Waals surface area contributed by atoms with Crippen molar-refractivity contribution >= 4 is 99.5 Å². The Labute approximate surface area is 556 Å². The maximum atomic E-state index is 6.58. The van der Waals surface area contributed by atoms with Gasteiger partial charge in [0, 0.05) is 66.2 Å². The summed E-state index contributed by atoms with van der Waals surface area (Å²) in [6.07, 6.45) is 0. The lowest BCUT2D eigenvalue weighted by Gasteiger charge is -2.28. The molecule has 0 atom stereocenters. The molecule has 16 aromatic carbocycles. The molecule has 0 saturated heterocycles. The number of hydrogen-bond acceptors (Lipinski definition) is 4. The Balaban J connectivity index is 0.645. The van der Waals surface area contributed by atoms with E-state index >= 15 is 0 Å². The Morgan fingerprint density at radius 2 is 0.500 bits per heavy atom. The number of hydrogen-bond donors (Lipinski definition) is 0. The van der Waals surface area contributed by atoms with Crippen molar-refractivity contribution in [2.24, 2.45) is 0 Å². The van der Waals surface area contributed by atoms with Gasteiger partial charge in [-0.25, -0.2) is 0 Å². The zero-order valence-corrected chi connectivity index (χ0v) is 52.4. The van der Waals surface area contributed by atoms with Crippen molar-refractivity contribution in [2.75, 3.05) is 9.80 Å². The molecule has 2 heterocycles. The number of benzene rings is 16. The Bertz CT molecular complexity index is 5910. The molecule has 4 nitrogen and oxygen atoms in total. The van der Waals surface area contributed by atoms with Crippen molar-refractivity contribution in [3.05, 3.63) is 364 Å². The van der Waals surface area contributed by atoms with Gasteiger partial charge < -0.3 is 18.6 Å². The summed E-state index contributed by atoms with van der Waals surface area (Å²) in [6, 6.07) is 131. The van der Waals surface area contributed by atoms with Crippen LogP contribution in [0.5, 0.6) is 0 Å². The highest BCUT2D eigenvalue weighted by Crippen LogP contribution is 2.47. The van der Waals surface area contributed by atoms with Crippen LogP contribution in [0.15, 0.2) is 373 Å². The lowest BCUT2D eigenvalue weighted by atomic mass is 9.96. The molecule has 18 aromatic rings. The van der Waals surface area contributed by atoms with Crippen LogP contribution in [-0.4, -0.2) is 0 Å². The predicted molar refractivity (Wildman–Crippen MR) is 403 cm³/mol. The molecule has 2 aromatic heterocycles. The van der Waals surface area contributed by atoms with Crippen LogP contribution in [0.25, 0.3) is 143 Å². The highest BCUT2D eigenvalue weighted by atomic mass is 16.3. The van der Waals surface area contributed by atoms with E-state index in [2.05, 4.69) is 356 Å². The fourth-order valence-corrected chi connectivity index (χ4v) is 14.2. The second kappa shape index (κ2) is 23.7. The number of nitrogens with zero attached hydrogens (tertiary/aromatic N) is 2. The molecule has 0 saturated carbocycles. The van der Waals surface area contributed by atoms with Crippen LogP contribution >= 0.6 is 0 Å². The lowest BCUT2D eigenvalue weighted by Crippen LogP contribution is -2.11. The molecule has 0 fully saturated rings. The van der Waals surface area contributed by atoms with Crippen molar-refractivity contribution in [1.82, 2.24) is 0 Å². The van der Waals surface area contributed by atoms with Gasteiger partial charge in [0.1, 0.15) is 22.3 Å². The van der Waals surface area contributed by atoms with Crippen LogP contribution < -0.4 is 9.80 Å². The third kappa shape index (κ3) is 10.1. The predicted octanol–water partition coefficient (Wildman–Crippen LogP) is 26.4. The molecule has 0 spiro atoms. The van der Waals surface area contributed by atoms with Gasteiger partial charge in [0.15, 0.2) is 0 Å². The SMILES string of the molecule is c1ccc(-c2ccc(N(c3ccc(-c4ccc(-c5cccc(-c6ccc(N(c7ccc(-c8ccccc8)cc7)c7ccccc7-c7ccc8ccc9c%10ccccc%10oc9c8c7)cc6)c5)cc4)cc3)c3ccccc3-c3ccc4c(ccc5c6ccccc6oc45)c3)cc2)cc1. The minimum absolute atomic E-state index is 0.896. The van der Waals surface area contributed by atoms with Gasteiger partial charge in [-0.2, -0.15) is 0 Å². The molecule has 0 unspecified atom stereocenters. The van der Waals surface area contributed by atoms with E-state index in [1.807, 2.05) is 18.2 Å². The van der Waals surface area contributed by atoms with Crippen molar-refractivity contribution in [1.29, 1.82) is 0 Å². The lowest BCUT2D eigenvalue weighted by molar-refractivity contribution is 0.672. The van der Waals surface area contributed by atoms with Gasteiger partial charge in [-0.05, 0) is 187 Å². The number of anilines is 6. The Morgan fingerprint density at radius 3 is 0.979 bits per heavy atom. The van der Waals surface area contributed by atoms with Crippen LogP contribution in [-0.2, 0) is 0 Å². The third-order valence-corrected chi connectivity index (χ3v) is 19.1. The van der Waals surface area contributed by atoms with Crippen molar-refractivity contribution in [3.63, 3.8) is 0 Å². The van der Waals surface area contributed by atoms with Crippen LogP contribution in [0, 0.1) is 0 Å². The Morgan fingerprint density at radius 1 is 0.177 bits per heavy atom. The molecular weight excluding hydrogens is 1170 g/mol. The first kappa shape index (κ1) is 56.0. The second-order valence-electron chi connectivity index (χ2n) is 24.7. The molecular formula is C92H60N2O2. The highest BCUT2D eigenvalue weighted by Gasteiger charge is 2.22. The van der Waals surface area contributed by atoms with E-state index in [1.165, 1.54) is 22.3 Å². The summed E-state index contributed by atoms with van der Waals surface area (Å²) >= 11 is 0. The van der Waals surface area contributed by atoms with Crippen LogP contribution in [0.3, 0.4) is 0 Å². The molecule has 0 radical (unpaired) electrons. The zero-order valence-electron chi connectivity index (χ0n) is 52.4. The summed E-state index contributed by atoms with van der Waals surface area (Å²) < 4.78 is 13.1. The summed E-state index contributed by atoms with van der Waals surface area (Å²) in [5.74, 6) is 0. The summed E-state index contributed by atoms with van der Waals surface area (Å²) in [6.45, 7) is 0. The van der Waals surface area contributed by atoms with E-state index in [0.29, 0.717) is 0 Å². The molecule has 0 bridgehead atoms. The van der Waals surface area contributed by atoms with Gasteiger partial charge in [-0.3, -0.25) is 0 Å². The number of furan rings is 2. The highest BCUT2D eigenvalue weighted by molar-refractivity contribution is 6.17. The first-order chi connectivity index (χ1) is 47.6. The summed E-state index contributed by atoms with van der Waals surface area (Å²) in [5, 5.41) is 8.99. The normalized spacial score (nSPS) is 11.5. The van der Waals surface area contributed by atoms with Crippen LogP contribution in [0.2, 0.25) is 0 Å². The summed E-state index contributed by atoms with van der Waals surface area (Å²) in [5.41, 5.74) is 26.1. The summed E-state index contributed by atoms with van der Waals surface area (Å²) in [7, 11) is 0. The Kier molecular flexibility index (Phi) is 13.8. The number of rotatable bonds is 13. The van der Waals surface area contributed by atoms with Crippen LogP contribution in [0.1, 0.15) is 0 Å². The third-order valence-electron chi connectivity index (χ3n) is 19.1. The van der Waals surface area contributed by atoms with Gasteiger partial charge in [-0.15, -0.1) is 0 Å². The van der Waals surface area contributed by atoms with Gasteiger partial charge in [0.05, 0.1) is 11.4 Å². The molecule has 0 aliphatic rings. The first-order valence-corrected chi connectivity index (χ1v) is 32.8. The second-order valence-corrected chi connectivity index (χ2v) is 24.7. The minimum Gasteiger partial charge on any atom is -0.455 e. The molecule has 0 aliphatic heterocycles. The number of para-hydroxylation sites is 4. The topological polar surface area (TPSA) is 32.8 Å². The first-order valence-electron chi connectivity index (χ1n) is 32.8. The van der Waals surface area contributed by atoms with E-state index in [4.69, 9.17) is 8.83 Å². The van der Waals surface area contributed by atoms with Crippen LogP contribution in [0.4, 0.5) is 34.1 Å². The fraction of sp³-hybridized carbons (Fsp3) is 0. The maximum absolute atomic E-state index is 6.58. The quantitative estimate of drug-likeness (QED) is 0.115. The smallest absolute Gasteiger partial charge is 0.143 e. The standard InChI is InChI=1S/C92H60N2O2/c1-3-16-61(17-4-1)64-36-47-75(48-37-64)93(87-26-11-7-22-79(87)72-45-55-81-73(59-72)46-57-84-82-24-9-13-28-89(82)95-91(81)84)77-51-40-66(41-52-77)63-30-32-67(33-31-63)70-20-15-21-71(58-70)68-42-53-78(54-43-68)94(76-49-38-65(39-50-76)62-18-5-2-6-19-62)88-27-12-8-23-80(88)74-35-34-69-44-56-85-83-25-10-14-29-90(83)96-92(85)86(69)60-74/h1-60H. The van der Waals surface area contributed by atoms with Gasteiger partial charge in [0.25, 0.3) is 0 Å². The van der Waals surface area contributed by atoms with E-state index in [-0.39, 0.29) is 0 Å². The average Bonchev–Trinajstić information content (AvgIpc) is 1.41. The fourth-order valence-electron chi connectivity index (χ4n) is 14.2.